The summed E-state index contributed by atoms with van der Waals surface area (Å²) in [5.41, 5.74) is 3.31. The number of fused-ring (bicyclic) bond motifs is 1. The third-order valence-electron chi connectivity index (χ3n) is 4.68. The van der Waals surface area contributed by atoms with Crippen LogP contribution in [0, 0.1) is 0 Å². The van der Waals surface area contributed by atoms with Crippen molar-refractivity contribution in [2.45, 2.75) is 26.2 Å². The summed E-state index contributed by atoms with van der Waals surface area (Å²) in [6, 6.07) is 13.1. The third-order valence-corrected chi connectivity index (χ3v) is 4.68. The summed E-state index contributed by atoms with van der Waals surface area (Å²) < 4.78 is 10.8. The summed E-state index contributed by atoms with van der Waals surface area (Å²) in [4.78, 5) is 22.0. The van der Waals surface area contributed by atoms with Crippen LogP contribution < -0.4 is 20.1 Å². The van der Waals surface area contributed by atoms with Gasteiger partial charge in [-0.2, -0.15) is 0 Å². The Morgan fingerprint density at radius 3 is 2.31 bits per heavy atom. The van der Waals surface area contributed by atoms with Crippen LogP contribution in [0.3, 0.4) is 0 Å². The zero-order chi connectivity index (χ0) is 20.8. The van der Waals surface area contributed by atoms with Crippen LogP contribution in [-0.4, -0.2) is 38.3 Å². The topological polar surface area (TPSA) is 84.3 Å². The molecule has 0 unspecified atom stereocenters. The quantitative estimate of drug-likeness (QED) is 0.791. The molecule has 3 rings (SSSR count). The molecular formula is C22H26N4O3. The van der Waals surface area contributed by atoms with Gasteiger partial charge >= 0.3 is 6.03 Å². The first-order valence-corrected chi connectivity index (χ1v) is 9.63. The highest BCUT2D eigenvalue weighted by atomic mass is 16.5. The van der Waals surface area contributed by atoms with Crippen LogP contribution >= 0.6 is 0 Å². The first-order valence-electron chi connectivity index (χ1n) is 9.63. The number of amides is 2. The number of carbonyl (C=O) groups excluding carboxylic acids is 1. The van der Waals surface area contributed by atoms with E-state index in [9.17, 15) is 4.79 Å². The molecule has 7 heteroatoms. The van der Waals surface area contributed by atoms with E-state index in [1.165, 1.54) is 0 Å². The smallest absolute Gasteiger partial charge is 0.320 e. The maximum atomic E-state index is 12.3. The second-order valence-electron chi connectivity index (χ2n) is 6.47. The van der Waals surface area contributed by atoms with Gasteiger partial charge in [0, 0.05) is 12.3 Å². The van der Waals surface area contributed by atoms with Crippen LogP contribution in [-0.2, 0) is 0 Å². The molecule has 0 bridgehead atoms. The molecule has 0 fully saturated rings. The van der Waals surface area contributed by atoms with Gasteiger partial charge in [0.15, 0.2) is 11.5 Å². The molecule has 2 aromatic carbocycles. The molecule has 0 spiro atoms. The van der Waals surface area contributed by atoms with E-state index in [4.69, 9.17) is 19.5 Å². The number of para-hydroxylation sites is 2. The number of urea groups is 1. The fraction of sp³-hybridized carbons (Fsp3) is 0.318. The zero-order valence-electron chi connectivity index (χ0n) is 17.2. The molecule has 29 heavy (non-hydrogen) atoms. The average Bonchev–Trinajstić information content (AvgIpc) is 2.89. The van der Waals surface area contributed by atoms with Gasteiger partial charge in [0.25, 0.3) is 0 Å². The second-order valence-corrected chi connectivity index (χ2v) is 6.47. The van der Waals surface area contributed by atoms with Gasteiger partial charge in [-0.1, -0.05) is 25.1 Å². The van der Waals surface area contributed by atoms with Gasteiger partial charge in [0.1, 0.15) is 5.84 Å². The number of amidine groups is 1. The minimum atomic E-state index is -0.324. The van der Waals surface area contributed by atoms with Gasteiger partial charge in [-0.15, -0.1) is 0 Å². The first-order chi connectivity index (χ1) is 14.1. The van der Waals surface area contributed by atoms with Crippen molar-refractivity contribution < 1.29 is 14.3 Å². The lowest BCUT2D eigenvalue weighted by atomic mass is 9.90. The minimum Gasteiger partial charge on any atom is -0.493 e. The fourth-order valence-corrected chi connectivity index (χ4v) is 3.31. The Morgan fingerprint density at radius 1 is 1.00 bits per heavy atom. The summed E-state index contributed by atoms with van der Waals surface area (Å²) in [6.45, 7) is 4.43. The molecule has 1 aliphatic rings. The molecule has 2 amide bonds. The standard InChI is InChI=1S/C22H26N4O3/c1-5-15-20(14-11-12-18(28-3)19(13-14)29-4)21(26-22(27)23-6-2)25-17-10-8-7-9-16(17)24-15/h7-13,20H,5-6H2,1-4H3,(H2,23,25,26,27)/t20-/m0/s1. The van der Waals surface area contributed by atoms with Gasteiger partial charge in [-0.25, -0.2) is 9.79 Å². The molecule has 0 saturated carbocycles. The van der Waals surface area contributed by atoms with Crippen molar-refractivity contribution in [2.24, 2.45) is 9.98 Å². The summed E-state index contributed by atoms with van der Waals surface area (Å²) in [5, 5.41) is 5.69. The van der Waals surface area contributed by atoms with Crippen LogP contribution in [0.4, 0.5) is 16.2 Å². The third kappa shape index (κ3) is 4.39. The summed E-state index contributed by atoms with van der Waals surface area (Å²) in [6.07, 6.45) is 0.698. The van der Waals surface area contributed by atoms with Crippen LogP contribution in [0.2, 0.25) is 0 Å². The van der Waals surface area contributed by atoms with Crippen LogP contribution in [0.1, 0.15) is 31.7 Å². The Morgan fingerprint density at radius 2 is 1.69 bits per heavy atom. The van der Waals surface area contributed by atoms with Crippen molar-refractivity contribution in [1.82, 2.24) is 10.6 Å². The molecule has 152 valence electrons. The van der Waals surface area contributed by atoms with Crippen molar-refractivity contribution in [3.05, 3.63) is 48.0 Å². The molecule has 0 radical (unpaired) electrons. The van der Waals surface area contributed by atoms with Crippen molar-refractivity contribution in [1.29, 1.82) is 0 Å². The van der Waals surface area contributed by atoms with E-state index < -0.39 is 0 Å². The monoisotopic (exact) mass is 394 g/mol. The number of ether oxygens (including phenoxy) is 2. The van der Waals surface area contributed by atoms with Gasteiger partial charge in [-0.05, 0) is 43.2 Å². The molecule has 2 N–H and O–H groups in total. The number of aliphatic imine (C=N–C) groups is 2. The van der Waals surface area contributed by atoms with Crippen molar-refractivity contribution in [3.63, 3.8) is 0 Å². The maximum Gasteiger partial charge on any atom is 0.320 e. The van der Waals surface area contributed by atoms with E-state index in [-0.39, 0.29) is 11.9 Å². The Hall–Kier alpha value is -3.35. The zero-order valence-corrected chi connectivity index (χ0v) is 17.2. The normalized spacial score (nSPS) is 15.4. The number of methoxy groups -OCH3 is 2. The van der Waals surface area contributed by atoms with Crippen LogP contribution in [0.5, 0.6) is 11.5 Å². The maximum absolute atomic E-state index is 12.3. The molecule has 1 aliphatic heterocycles. The Kier molecular flexibility index (Phi) is 6.49. The van der Waals surface area contributed by atoms with E-state index in [2.05, 4.69) is 10.6 Å². The lowest BCUT2D eigenvalue weighted by Gasteiger charge is -2.22. The summed E-state index contributed by atoms with van der Waals surface area (Å²) >= 11 is 0. The minimum absolute atomic E-state index is 0.299. The highest BCUT2D eigenvalue weighted by Gasteiger charge is 2.28. The van der Waals surface area contributed by atoms with Crippen molar-refractivity contribution in [2.75, 3.05) is 20.8 Å². The first kappa shape index (κ1) is 20.4. The van der Waals surface area contributed by atoms with E-state index in [1.54, 1.807) is 14.2 Å². The lowest BCUT2D eigenvalue weighted by Crippen LogP contribution is -2.43. The number of hydrogen-bond donors (Lipinski definition) is 2. The van der Waals surface area contributed by atoms with E-state index in [0.717, 1.165) is 17.0 Å². The number of carbonyl (C=O) groups is 1. The van der Waals surface area contributed by atoms with Gasteiger partial charge < -0.3 is 14.8 Å². The highest BCUT2D eigenvalue weighted by molar-refractivity contribution is 6.17. The average molecular weight is 394 g/mol. The highest BCUT2D eigenvalue weighted by Crippen LogP contribution is 2.37. The Balaban J connectivity index is 2.16. The lowest BCUT2D eigenvalue weighted by molar-refractivity contribution is 0.245. The fourth-order valence-electron chi connectivity index (χ4n) is 3.31. The molecular weight excluding hydrogens is 368 g/mol. The molecule has 0 aromatic heterocycles. The Labute approximate surface area is 170 Å². The van der Waals surface area contributed by atoms with E-state index in [1.807, 2.05) is 56.3 Å². The number of nitrogens with zero attached hydrogens (tertiary/aromatic N) is 2. The molecule has 1 heterocycles. The van der Waals surface area contributed by atoms with Gasteiger partial charge in [-0.3, -0.25) is 10.3 Å². The molecule has 2 aromatic rings. The predicted octanol–water partition coefficient (Wildman–Crippen LogP) is 4.33. The molecule has 1 atom stereocenters. The second kappa shape index (κ2) is 9.23. The molecule has 0 saturated heterocycles. The van der Waals surface area contributed by atoms with Crippen LogP contribution in [0.25, 0.3) is 0 Å². The van der Waals surface area contributed by atoms with Crippen LogP contribution in [0.15, 0.2) is 52.4 Å². The van der Waals surface area contributed by atoms with Crippen molar-refractivity contribution >= 4 is 29.0 Å². The summed E-state index contributed by atoms with van der Waals surface area (Å²) in [5.74, 6) is 1.45. The Bertz CT molecular complexity index is 953. The van der Waals surface area contributed by atoms with E-state index >= 15 is 0 Å². The van der Waals surface area contributed by atoms with Gasteiger partial charge in [0.2, 0.25) is 0 Å². The SMILES string of the molecule is CCNC(=O)NC1=Nc2ccccc2N=C(CC)[C@@H]1c1ccc(OC)c(OC)c1. The number of rotatable bonds is 5. The largest absolute Gasteiger partial charge is 0.493 e. The number of nitrogens with one attached hydrogen (secondary N) is 2. The molecule has 0 aliphatic carbocycles. The van der Waals surface area contributed by atoms with Crippen molar-refractivity contribution in [3.8, 4) is 11.5 Å². The molecule has 7 nitrogen and oxygen atoms in total. The number of hydrogen-bond acceptors (Lipinski definition) is 5. The van der Waals surface area contributed by atoms with Gasteiger partial charge in [0.05, 0.1) is 31.5 Å². The predicted molar refractivity (Wildman–Crippen MR) is 115 cm³/mol. The van der Waals surface area contributed by atoms with E-state index in [0.29, 0.717) is 36.0 Å². The summed E-state index contributed by atoms with van der Waals surface area (Å²) in [7, 11) is 3.20. The number of benzene rings is 2.